The van der Waals surface area contributed by atoms with Gasteiger partial charge >= 0.3 is 26.2 Å². The SMILES string of the molecule is C/C=C/C=C/C(=O)[O-].FOB(OF)OF.[Li+]. The maximum absolute atomic E-state index is 10.4. The van der Waals surface area contributed by atoms with E-state index in [0.717, 1.165) is 6.08 Å². The van der Waals surface area contributed by atoms with Gasteiger partial charge in [-0.3, -0.25) is 0 Å². The van der Waals surface area contributed by atoms with Crippen molar-refractivity contribution in [2.45, 2.75) is 6.92 Å². The molecule has 0 bridgehead atoms. The van der Waals surface area contributed by atoms with Crippen molar-refractivity contribution < 1.29 is 56.9 Å². The Hall–Kier alpha value is -0.718. The van der Waals surface area contributed by atoms with Crippen molar-refractivity contribution in [1.82, 2.24) is 0 Å². The molecule has 0 aliphatic rings. The Balaban J connectivity index is -0.000000200. The van der Waals surface area contributed by atoms with Gasteiger partial charge in [0.05, 0.1) is 5.97 Å². The van der Waals surface area contributed by atoms with Crippen LogP contribution in [0.2, 0.25) is 0 Å². The number of carboxylic acids is 1. The molecule has 0 aromatic rings. The van der Waals surface area contributed by atoms with Crippen LogP contribution >= 0.6 is 0 Å². The summed E-state index contributed by atoms with van der Waals surface area (Å²) in [5, 5.41) is 9.64. The Kier molecular flexibility index (Phi) is 21.6. The van der Waals surface area contributed by atoms with Crippen molar-refractivity contribution in [2.75, 3.05) is 0 Å². The molecule has 0 amide bonds. The van der Waals surface area contributed by atoms with E-state index in [4.69, 9.17) is 0 Å². The maximum atomic E-state index is 10.4. The summed E-state index contributed by atoms with van der Waals surface area (Å²) in [5.74, 6) is -1.16. The van der Waals surface area contributed by atoms with Crippen LogP contribution in [0.15, 0.2) is 24.3 Å². The summed E-state index contributed by atoms with van der Waals surface area (Å²) < 4.78 is 31.3. The molecule has 16 heavy (non-hydrogen) atoms. The van der Waals surface area contributed by atoms with E-state index in [2.05, 4.69) is 14.6 Å². The van der Waals surface area contributed by atoms with Gasteiger partial charge in [-0.25, -0.2) is 0 Å². The summed E-state index contributed by atoms with van der Waals surface area (Å²) in [6.45, 7) is 1.81. The van der Waals surface area contributed by atoms with Gasteiger partial charge in [0.25, 0.3) is 0 Å². The average Bonchev–Trinajstić information content (AvgIpc) is 2.21. The molecule has 0 atom stereocenters. The average molecular weight is 234 g/mol. The van der Waals surface area contributed by atoms with Crippen LogP contribution in [0.3, 0.4) is 0 Å². The second-order valence-electron chi connectivity index (χ2n) is 1.76. The molecule has 0 rings (SSSR count). The van der Waals surface area contributed by atoms with Crippen LogP contribution in [0.25, 0.3) is 0 Å². The predicted molar refractivity (Wildman–Crippen MR) is 41.3 cm³/mol. The quantitative estimate of drug-likeness (QED) is 0.300. The number of rotatable bonds is 5. The molecule has 0 aromatic carbocycles. The van der Waals surface area contributed by atoms with Crippen LogP contribution in [-0.4, -0.2) is 13.3 Å². The third-order valence-corrected chi connectivity index (χ3v) is 0.754. The molecule has 5 nitrogen and oxygen atoms in total. The Morgan fingerprint density at radius 2 is 1.62 bits per heavy atom. The standard InChI is InChI=1S/C6H8O2.BF3O3.Li/c1-2-3-4-5-6(7)8;2-5-1(6-3)7-4;/h2-5H,1H3,(H,7,8);;/q;;+1/p-1/b3-2+,5-4+;;. The van der Waals surface area contributed by atoms with Gasteiger partial charge in [0.2, 0.25) is 0 Å². The maximum Gasteiger partial charge on any atom is 1.00 e. The molecule has 0 aliphatic heterocycles. The molecule has 10 heteroatoms. The first-order valence-corrected chi connectivity index (χ1v) is 3.44. The molecule has 0 saturated carbocycles. The van der Waals surface area contributed by atoms with Crippen LogP contribution in [-0.2, 0) is 19.4 Å². The van der Waals surface area contributed by atoms with Crippen molar-refractivity contribution in [3.05, 3.63) is 24.3 Å². The second-order valence-corrected chi connectivity index (χ2v) is 1.76. The molecule has 0 radical (unpaired) electrons. The van der Waals surface area contributed by atoms with Gasteiger partial charge in [-0.2, -0.15) is 14.6 Å². The van der Waals surface area contributed by atoms with Crippen LogP contribution < -0.4 is 24.0 Å². The molecule has 0 saturated heterocycles. The van der Waals surface area contributed by atoms with Gasteiger partial charge in [-0.15, -0.1) is 0 Å². The van der Waals surface area contributed by atoms with Gasteiger partial charge in [-0.05, 0) is 13.0 Å². The molecule has 0 aliphatic carbocycles. The van der Waals surface area contributed by atoms with E-state index >= 15 is 0 Å². The van der Waals surface area contributed by atoms with Crippen molar-refractivity contribution in [3.63, 3.8) is 0 Å². The second kappa shape index (κ2) is 16.7. The van der Waals surface area contributed by atoms with Crippen LogP contribution in [0, 0.1) is 0 Å². The normalized spacial score (nSPS) is 9.50. The van der Waals surface area contributed by atoms with E-state index in [9.17, 15) is 23.5 Å². The molecule has 0 spiro atoms. The van der Waals surface area contributed by atoms with E-state index in [1.807, 2.05) is 0 Å². The van der Waals surface area contributed by atoms with Crippen molar-refractivity contribution in [2.24, 2.45) is 0 Å². The fourth-order valence-corrected chi connectivity index (χ4v) is 0.286. The number of hydrogen-bond donors (Lipinski definition) is 0. The molecule has 0 aromatic heterocycles. The first-order valence-electron chi connectivity index (χ1n) is 3.44. The number of aliphatic carboxylic acids is 1. The molecule has 86 valence electrons. The largest absolute Gasteiger partial charge is 1.00 e. The zero-order chi connectivity index (χ0) is 12.1. The Labute approximate surface area is 102 Å². The van der Waals surface area contributed by atoms with Gasteiger partial charge in [0.15, 0.2) is 0 Å². The monoisotopic (exact) mass is 234 g/mol. The first-order chi connectivity index (χ1) is 7.12. The number of halogens is 3. The molecule has 0 unspecified atom stereocenters. The van der Waals surface area contributed by atoms with E-state index in [-0.39, 0.29) is 18.9 Å². The summed E-state index contributed by atoms with van der Waals surface area (Å²) in [7, 11) is -2.51. The smallest absolute Gasteiger partial charge is 0.545 e. The van der Waals surface area contributed by atoms with E-state index in [0.29, 0.717) is 0 Å². The zero-order valence-electron chi connectivity index (χ0n) is 8.56. The van der Waals surface area contributed by atoms with Gasteiger partial charge < -0.3 is 9.90 Å². The minimum Gasteiger partial charge on any atom is -0.545 e. The number of hydrogen-bond acceptors (Lipinski definition) is 5. The van der Waals surface area contributed by atoms with Crippen molar-refractivity contribution in [1.29, 1.82) is 0 Å². The topological polar surface area (TPSA) is 67.8 Å². The van der Waals surface area contributed by atoms with Gasteiger partial charge in [0.1, 0.15) is 0 Å². The van der Waals surface area contributed by atoms with Gasteiger partial charge in [-0.1, -0.05) is 31.8 Å². The molecular weight excluding hydrogens is 227 g/mol. The number of carbonyl (C=O) groups is 1. The predicted octanol–water partition coefficient (Wildman–Crippen LogP) is -2.45. The third kappa shape index (κ3) is 19.0. The Morgan fingerprint density at radius 3 is 1.81 bits per heavy atom. The number of allylic oxidation sites excluding steroid dienone is 3. The summed E-state index contributed by atoms with van der Waals surface area (Å²) in [6.07, 6.45) is 5.74. The van der Waals surface area contributed by atoms with E-state index in [1.165, 1.54) is 6.08 Å². The van der Waals surface area contributed by atoms with Crippen LogP contribution in [0.4, 0.5) is 13.6 Å². The molecule has 0 fully saturated rings. The Bertz CT molecular complexity index is 207. The fourth-order valence-electron chi connectivity index (χ4n) is 0.286. The minimum absolute atomic E-state index is 0. The number of carbonyl (C=O) groups excluding carboxylic acids is 1. The summed E-state index contributed by atoms with van der Waals surface area (Å²) in [5.41, 5.74) is 0. The first kappa shape index (κ1) is 20.7. The van der Waals surface area contributed by atoms with Crippen LogP contribution in [0.1, 0.15) is 6.92 Å². The summed E-state index contributed by atoms with van der Waals surface area (Å²) >= 11 is 0. The van der Waals surface area contributed by atoms with Crippen LogP contribution in [0.5, 0.6) is 0 Å². The minimum atomic E-state index is -2.51. The third-order valence-electron chi connectivity index (χ3n) is 0.754. The summed E-state index contributed by atoms with van der Waals surface area (Å²) in [4.78, 5) is 16.7. The fraction of sp³-hybridized carbons (Fsp3) is 0.167. The Morgan fingerprint density at radius 1 is 1.19 bits per heavy atom. The molecular formula is C6H7BF3LiO5. The van der Waals surface area contributed by atoms with Crippen molar-refractivity contribution >= 4 is 13.3 Å². The van der Waals surface area contributed by atoms with Crippen molar-refractivity contribution in [3.8, 4) is 0 Å². The number of carboxylic acid groups (broad SMARTS) is 1. The van der Waals surface area contributed by atoms with E-state index < -0.39 is 13.3 Å². The summed E-state index contributed by atoms with van der Waals surface area (Å²) in [6, 6.07) is 0. The van der Waals surface area contributed by atoms with Gasteiger partial charge in [0, 0.05) is 0 Å². The zero-order valence-corrected chi connectivity index (χ0v) is 8.56. The van der Waals surface area contributed by atoms with E-state index in [1.54, 1.807) is 19.1 Å². The molecule has 0 heterocycles. The molecule has 0 N–H and O–H groups in total.